The van der Waals surface area contributed by atoms with Gasteiger partial charge in [-0.1, -0.05) is 20.8 Å². The van der Waals surface area contributed by atoms with E-state index in [1.165, 1.54) is 20.8 Å². The second kappa shape index (κ2) is 3.40. The van der Waals surface area contributed by atoms with Crippen LogP contribution in [0, 0.1) is 5.41 Å². The number of carboxylic acid groups (broad SMARTS) is 1. The van der Waals surface area contributed by atoms with Crippen molar-refractivity contribution in [3.05, 3.63) is 11.6 Å². The fourth-order valence-corrected chi connectivity index (χ4v) is 0.763. The molecule has 0 spiro atoms. The summed E-state index contributed by atoms with van der Waals surface area (Å²) in [5, 5.41) is 8.50. The average molecular weight is 196 g/mol. The van der Waals surface area contributed by atoms with Gasteiger partial charge >= 0.3 is 12.1 Å². The van der Waals surface area contributed by atoms with Crippen molar-refractivity contribution in [2.45, 2.75) is 26.9 Å². The van der Waals surface area contributed by atoms with E-state index in [1.807, 2.05) is 0 Å². The van der Waals surface area contributed by atoms with Crippen molar-refractivity contribution in [1.29, 1.82) is 0 Å². The number of carboxylic acids is 1. The SMILES string of the molecule is CC(C)(C)C(=CC(F)(F)F)C(=O)O. The fourth-order valence-electron chi connectivity index (χ4n) is 0.763. The molecular formula is C8H11F3O2. The molecule has 0 saturated carbocycles. The second-order valence-corrected chi connectivity index (χ2v) is 3.65. The first-order valence-corrected chi connectivity index (χ1v) is 3.57. The Bertz CT molecular complexity index is 233. The van der Waals surface area contributed by atoms with Crippen molar-refractivity contribution >= 4 is 5.97 Å². The first-order valence-electron chi connectivity index (χ1n) is 3.57. The number of rotatable bonds is 1. The highest BCUT2D eigenvalue weighted by Gasteiger charge is 2.32. The second-order valence-electron chi connectivity index (χ2n) is 3.65. The zero-order valence-corrected chi connectivity index (χ0v) is 7.57. The molecule has 76 valence electrons. The lowest BCUT2D eigenvalue weighted by Crippen LogP contribution is -2.20. The van der Waals surface area contributed by atoms with Crippen molar-refractivity contribution in [1.82, 2.24) is 0 Å². The molecular weight excluding hydrogens is 185 g/mol. The lowest BCUT2D eigenvalue weighted by molar-refractivity contribution is -0.134. The molecule has 0 aliphatic heterocycles. The predicted octanol–water partition coefficient (Wildman–Crippen LogP) is 2.61. The van der Waals surface area contributed by atoms with Gasteiger partial charge in [0, 0.05) is 11.6 Å². The van der Waals surface area contributed by atoms with Gasteiger partial charge in [0.2, 0.25) is 0 Å². The number of halogens is 3. The standard InChI is InChI=1S/C8H11F3O2/c1-7(2,3)5(6(12)13)4-8(9,10)11/h4H,1-3H3,(H,12,13). The first kappa shape index (κ1) is 12.0. The third-order valence-electron chi connectivity index (χ3n) is 1.35. The van der Waals surface area contributed by atoms with E-state index in [-0.39, 0.29) is 6.08 Å². The van der Waals surface area contributed by atoms with E-state index in [4.69, 9.17) is 5.11 Å². The van der Waals surface area contributed by atoms with Gasteiger partial charge in [-0.3, -0.25) is 0 Å². The van der Waals surface area contributed by atoms with Crippen molar-refractivity contribution in [2.24, 2.45) is 5.41 Å². The molecule has 0 radical (unpaired) electrons. The largest absolute Gasteiger partial charge is 0.478 e. The van der Waals surface area contributed by atoms with Crippen molar-refractivity contribution in [2.75, 3.05) is 0 Å². The number of hydrogen-bond acceptors (Lipinski definition) is 1. The Balaban J connectivity index is 5.06. The molecule has 0 fully saturated rings. The minimum Gasteiger partial charge on any atom is -0.478 e. The van der Waals surface area contributed by atoms with Crippen LogP contribution in [-0.4, -0.2) is 17.3 Å². The molecule has 0 rings (SSSR count). The normalized spacial score (nSPS) is 14.5. The van der Waals surface area contributed by atoms with Crippen LogP contribution in [0.15, 0.2) is 11.6 Å². The summed E-state index contributed by atoms with van der Waals surface area (Å²) in [6, 6.07) is 0. The lowest BCUT2D eigenvalue weighted by atomic mass is 9.86. The van der Waals surface area contributed by atoms with E-state index < -0.39 is 23.1 Å². The Labute approximate surface area is 74.1 Å². The zero-order chi connectivity index (χ0) is 10.9. The van der Waals surface area contributed by atoms with Crippen LogP contribution in [0.1, 0.15) is 20.8 Å². The third kappa shape index (κ3) is 4.55. The van der Waals surface area contributed by atoms with Crippen LogP contribution in [-0.2, 0) is 4.79 Å². The Morgan fingerprint density at radius 3 is 1.69 bits per heavy atom. The van der Waals surface area contributed by atoms with Gasteiger partial charge in [0.25, 0.3) is 0 Å². The molecule has 0 atom stereocenters. The molecule has 0 saturated heterocycles. The van der Waals surface area contributed by atoms with Crippen molar-refractivity contribution in [3.8, 4) is 0 Å². The van der Waals surface area contributed by atoms with Gasteiger partial charge in [-0.15, -0.1) is 0 Å². The van der Waals surface area contributed by atoms with Crippen molar-refractivity contribution < 1.29 is 23.1 Å². The van der Waals surface area contributed by atoms with E-state index in [9.17, 15) is 18.0 Å². The van der Waals surface area contributed by atoms with Crippen LogP contribution in [0.25, 0.3) is 0 Å². The minimum absolute atomic E-state index is 0.171. The molecule has 0 bridgehead atoms. The van der Waals surface area contributed by atoms with E-state index in [0.717, 1.165) is 0 Å². The number of allylic oxidation sites excluding steroid dienone is 1. The third-order valence-corrected chi connectivity index (χ3v) is 1.35. The summed E-state index contributed by atoms with van der Waals surface area (Å²) in [7, 11) is 0. The first-order chi connectivity index (χ1) is 5.54. The van der Waals surface area contributed by atoms with Crippen LogP contribution in [0.3, 0.4) is 0 Å². The molecule has 0 aromatic rings. The van der Waals surface area contributed by atoms with Crippen LogP contribution >= 0.6 is 0 Å². The summed E-state index contributed by atoms with van der Waals surface area (Å²) < 4.78 is 35.6. The molecule has 1 N–H and O–H groups in total. The van der Waals surface area contributed by atoms with Crippen LogP contribution in [0.5, 0.6) is 0 Å². The number of alkyl halides is 3. The summed E-state index contributed by atoms with van der Waals surface area (Å²) in [5.41, 5.74) is -1.65. The van der Waals surface area contributed by atoms with E-state index in [2.05, 4.69) is 0 Å². The van der Waals surface area contributed by atoms with Crippen LogP contribution < -0.4 is 0 Å². The quantitative estimate of drug-likeness (QED) is 0.654. The summed E-state index contributed by atoms with van der Waals surface area (Å²) in [6.07, 6.45) is -4.75. The average Bonchev–Trinajstić information content (AvgIpc) is 1.77. The summed E-state index contributed by atoms with van der Waals surface area (Å²) in [5.74, 6) is -1.54. The number of hydrogen-bond donors (Lipinski definition) is 1. The van der Waals surface area contributed by atoms with Gasteiger partial charge in [-0.25, -0.2) is 4.79 Å². The molecule has 2 nitrogen and oxygen atoms in total. The smallest absolute Gasteiger partial charge is 0.410 e. The van der Waals surface area contributed by atoms with E-state index in [0.29, 0.717) is 0 Å². The maximum absolute atomic E-state index is 11.9. The van der Waals surface area contributed by atoms with E-state index >= 15 is 0 Å². The number of carbonyl (C=O) groups is 1. The molecule has 0 heterocycles. The molecule has 0 aliphatic carbocycles. The van der Waals surface area contributed by atoms with Gasteiger partial charge in [-0.05, 0) is 5.41 Å². The summed E-state index contributed by atoms with van der Waals surface area (Å²) >= 11 is 0. The lowest BCUT2D eigenvalue weighted by Gasteiger charge is -2.19. The fraction of sp³-hybridized carbons (Fsp3) is 0.625. The van der Waals surface area contributed by atoms with E-state index in [1.54, 1.807) is 0 Å². The highest BCUT2D eigenvalue weighted by molar-refractivity contribution is 5.88. The minimum atomic E-state index is -4.58. The Hall–Kier alpha value is -1.00. The highest BCUT2D eigenvalue weighted by Crippen LogP contribution is 2.29. The zero-order valence-electron chi connectivity index (χ0n) is 7.57. The van der Waals surface area contributed by atoms with Gasteiger partial charge in [0.15, 0.2) is 0 Å². The van der Waals surface area contributed by atoms with Crippen LogP contribution in [0.4, 0.5) is 13.2 Å². The van der Waals surface area contributed by atoms with Crippen LogP contribution in [0.2, 0.25) is 0 Å². The van der Waals surface area contributed by atoms with Crippen molar-refractivity contribution in [3.63, 3.8) is 0 Å². The Morgan fingerprint density at radius 2 is 1.62 bits per heavy atom. The molecule has 5 heteroatoms. The summed E-state index contributed by atoms with van der Waals surface area (Å²) in [4.78, 5) is 10.5. The molecule has 0 aromatic carbocycles. The van der Waals surface area contributed by atoms with Gasteiger partial charge in [0.1, 0.15) is 0 Å². The molecule has 0 aliphatic rings. The van der Waals surface area contributed by atoms with Gasteiger partial charge in [-0.2, -0.15) is 13.2 Å². The van der Waals surface area contributed by atoms with Gasteiger partial charge < -0.3 is 5.11 Å². The molecule has 13 heavy (non-hydrogen) atoms. The maximum atomic E-state index is 11.9. The molecule has 0 amide bonds. The maximum Gasteiger partial charge on any atom is 0.410 e. The predicted molar refractivity (Wildman–Crippen MR) is 41.2 cm³/mol. The Kier molecular flexibility index (Phi) is 3.13. The highest BCUT2D eigenvalue weighted by atomic mass is 19.4. The monoisotopic (exact) mass is 196 g/mol. The summed E-state index contributed by atoms with van der Waals surface area (Å²) in [6.45, 7) is 4.25. The topological polar surface area (TPSA) is 37.3 Å². The molecule has 0 unspecified atom stereocenters. The molecule has 0 aromatic heterocycles. The van der Waals surface area contributed by atoms with Gasteiger partial charge in [0.05, 0.1) is 0 Å². The number of aliphatic carboxylic acids is 1. The Morgan fingerprint density at radius 1 is 1.23 bits per heavy atom.